The molecule has 1 N–H and O–H groups in total. The van der Waals surface area contributed by atoms with E-state index in [4.69, 9.17) is 19.6 Å². The van der Waals surface area contributed by atoms with Gasteiger partial charge < -0.3 is 9.47 Å². The first-order valence-corrected chi connectivity index (χ1v) is 12.7. The molecule has 0 spiro atoms. The van der Waals surface area contributed by atoms with E-state index in [0.29, 0.717) is 29.8 Å². The third-order valence-corrected chi connectivity index (χ3v) is 7.11. The third-order valence-electron chi connectivity index (χ3n) is 7.11. The number of fused-ring (bicyclic) bond motifs is 4. The molecule has 10 heteroatoms. The van der Waals surface area contributed by atoms with Crippen LogP contribution in [0.1, 0.15) is 45.0 Å². The van der Waals surface area contributed by atoms with Crippen LogP contribution in [0.15, 0.2) is 61.2 Å². The molecule has 0 amide bonds. The highest BCUT2D eigenvalue weighted by atomic mass is 16.5. The summed E-state index contributed by atoms with van der Waals surface area (Å²) in [6.45, 7) is 6.61. The van der Waals surface area contributed by atoms with Crippen molar-refractivity contribution in [3.8, 4) is 28.9 Å². The molecule has 5 heterocycles. The van der Waals surface area contributed by atoms with Crippen LogP contribution in [-0.2, 0) is 13.7 Å². The van der Waals surface area contributed by atoms with Crippen LogP contribution in [0.25, 0.3) is 17.0 Å². The number of nitrogens with zero attached hydrogens (tertiary/aromatic N) is 7. The van der Waals surface area contributed by atoms with Gasteiger partial charge >= 0.3 is 0 Å². The van der Waals surface area contributed by atoms with E-state index in [1.807, 2.05) is 56.7 Å². The van der Waals surface area contributed by atoms with Gasteiger partial charge in [-0.15, -0.1) is 10.2 Å². The van der Waals surface area contributed by atoms with Gasteiger partial charge in [-0.25, -0.2) is 14.5 Å². The molecule has 194 valence electrons. The van der Waals surface area contributed by atoms with E-state index in [1.54, 1.807) is 15.5 Å². The van der Waals surface area contributed by atoms with E-state index in [2.05, 4.69) is 46.3 Å². The molecule has 0 saturated heterocycles. The Hall–Kier alpha value is -4.99. The lowest BCUT2D eigenvalue weighted by Crippen LogP contribution is -2.14. The highest BCUT2D eigenvalue weighted by Gasteiger charge is 2.37. The van der Waals surface area contributed by atoms with Crippen molar-refractivity contribution in [2.45, 2.75) is 33.3 Å². The van der Waals surface area contributed by atoms with Crippen molar-refractivity contribution in [2.75, 3.05) is 0 Å². The zero-order valence-electron chi connectivity index (χ0n) is 22.0. The largest absolute Gasteiger partial charge is 0.489 e. The number of benzene rings is 2. The monoisotopic (exact) mass is 518 g/mol. The zero-order valence-corrected chi connectivity index (χ0v) is 22.0. The van der Waals surface area contributed by atoms with Crippen molar-refractivity contribution < 1.29 is 9.47 Å². The van der Waals surface area contributed by atoms with Crippen LogP contribution in [0.5, 0.6) is 17.5 Å². The summed E-state index contributed by atoms with van der Waals surface area (Å²) in [5.41, 5.74) is 8.70. The second-order valence-corrected chi connectivity index (χ2v) is 9.97. The maximum atomic E-state index is 6.10. The molecule has 0 radical (unpaired) electrons. The van der Waals surface area contributed by atoms with E-state index in [1.165, 1.54) is 5.56 Å². The van der Waals surface area contributed by atoms with Crippen LogP contribution in [0.4, 0.5) is 0 Å². The van der Waals surface area contributed by atoms with Crippen molar-refractivity contribution in [1.29, 1.82) is 0 Å². The van der Waals surface area contributed by atoms with Gasteiger partial charge in [0.15, 0.2) is 11.5 Å². The number of hydrogen-bond acceptors (Lipinski definition) is 7. The second-order valence-electron chi connectivity index (χ2n) is 9.97. The van der Waals surface area contributed by atoms with Crippen LogP contribution >= 0.6 is 0 Å². The standard InChI is InChI=1S/C29H26N8O2/c1-16-5-10-22(17(2)11-16)38-14-19-6-8-20(9-7-19)26-32-27-25-24(21-12-31-36(4)13-21)23-18(3)33-34-29(23)39-28(25)30-15-37(27)35-26/h5-13,15,24H,14H2,1-4H3,(H,33,34)/t24-/m0/s1. The fourth-order valence-corrected chi connectivity index (χ4v) is 5.18. The van der Waals surface area contributed by atoms with Gasteiger partial charge in [-0.05, 0) is 38.0 Å². The lowest BCUT2D eigenvalue weighted by atomic mass is 9.86. The summed E-state index contributed by atoms with van der Waals surface area (Å²) in [5, 5.41) is 16.6. The Morgan fingerprint density at radius 1 is 1.03 bits per heavy atom. The summed E-state index contributed by atoms with van der Waals surface area (Å²) in [5.74, 6) is 2.28. The summed E-state index contributed by atoms with van der Waals surface area (Å²) >= 11 is 0. The fraction of sp³-hybridized carbons (Fsp3) is 0.207. The first-order chi connectivity index (χ1) is 18.9. The first-order valence-electron chi connectivity index (χ1n) is 12.7. The third kappa shape index (κ3) is 3.92. The number of ether oxygens (including phenoxy) is 2. The van der Waals surface area contributed by atoms with E-state index in [0.717, 1.165) is 44.8 Å². The molecule has 4 aromatic heterocycles. The Morgan fingerprint density at radius 2 is 1.87 bits per heavy atom. The highest BCUT2D eigenvalue weighted by Crippen LogP contribution is 2.48. The highest BCUT2D eigenvalue weighted by molar-refractivity contribution is 5.68. The molecular weight excluding hydrogens is 492 g/mol. The van der Waals surface area contributed by atoms with Crippen LogP contribution in [0.3, 0.4) is 0 Å². The zero-order chi connectivity index (χ0) is 26.7. The molecule has 1 aliphatic heterocycles. The van der Waals surface area contributed by atoms with Crippen LogP contribution in [0.2, 0.25) is 0 Å². The van der Waals surface area contributed by atoms with E-state index in [9.17, 15) is 0 Å². The van der Waals surface area contributed by atoms with Crippen LogP contribution in [-0.4, -0.2) is 39.6 Å². The molecular formula is C29H26N8O2. The number of aryl methyl sites for hydroxylation is 4. The number of H-pyrrole nitrogens is 1. The number of aromatic amines is 1. The molecule has 7 rings (SSSR count). The Kier molecular flexibility index (Phi) is 5.22. The van der Waals surface area contributed by atoms with E-state index < -0.39 is 0 Å². The molecule has 10 nitrogen and oxygen atoms in total. The number of aromatic nitrogens is 8. The lowest BCUT2D eigenvalue weighted by Gasteiger charge is -2.24. The van der Waals surface area contributed by atoms with Crippen molar-refractivity contribution in [1.82, 2.24) is 39.6 Å². The number of rotatable bonds is 5. The Morgan fingerprint density at radius 3 is 2.64 bits per heavy atom. The van der Waals surface area contributed by atoms with Crippen molar-refractivity contribution in [2.24, 2.45) is 7.05 Å². The summed E-state index contributed by atoms with van der Waals surface area (Å²) in [6.07, 6.45) is 5.48. The van der Waals surface area contributed by atoms with Gasteiger partial charge in [0, 0.05) is 35.6 Å². The van der Waals surface area contributed by atoms with Gasteiger partial charge in [-0.2, -0.15) is 5.10 Å². The predicted octanol–water partition coefficient (Wildman–Crippen LogP) is 5.04. The molecule has 0 unspecified atom stereocenters. The summed E-state index contributed by atoms with van der Waals surface area (Å²) in [7, 11) is 1.90. The second kappa shape index (κ2) is 8.80. The average Bonchev–Trinajstić information content (AvgIpc) is 3.66. The van der Waals surface area contributed by atoms with Gasteiger partial charge in [0.25, 0.3) is 0 Å². The molecule has 0 aliphatic carbocycles. The molecule has 0 saturated carbocycles. The molecule has 0 fully saturated rings. The SMILES string of the molecule is Cc1ccc(OCc2ccc(-c3nc4c5c(ncn4n3)Oc3n[nH]c(C)c3[C@@H]5c3cnn(C)c3)cc2)c(C)c1. The minimum Gasteiger partial charge on any atom is -0.489 e. The fourth-order valence-electron chi connectivity index (χ4n) is 5.18. The molecule has 2 aromatic carbocycles. The average molecular weight is 519 g/mol. The minimum absolute atomic E-state index is 0.200. The Bertz CT molecular complexity index is 1850. The lowest BCUT2D eigenvalue weighted by molar-refractivity contribution is 0.304. The molecule has 1 atom stereocenters. The van der Waals surface area contributed by atoms with Crippen LogP contribution < -0.4 is 9.47 Å². The van der Waals surface area contributed by atoms with Crippen molar-refractivity contribution >= 4 is 5.65 Å². The maximum absolute atomic E-state index is 6.10. The van der Waals surface area contributed by atoms with Gasteiger partial charge in [-0.3, -0.25) is 9.78 Å². The maximum Gasteiger partial charge on any atom is 0.244 e. The quantitative estimate of drug-likeness (QED) is 0.340. The molecule has 6 aromatic rings. The molecule has 0 bridgehead atoms. The topological polar surface area (TPSA) is 108 Å². The normalized spacial score (nSPS) is 14.2. The summed E-state index contributed by atoms with van der Waals surface area (Å²) < 4.78 is 15.6. The first kappa shape index (κ1) is 23.2. The van der Waals surface area contributed by atoms with Crippen LogP contribution in [0, 0.1) is 20.8 Å². The van der Waals surface area contributed by atoms with Crippen molar-refractivity contribution in [3.63, 3.8) is 0 Å². The predicted molar refractivity (Wildman–Crippen MR) is 144 cm³/mol. The van der Waals surface area contributed by atoms with Crippen molar-refractivity contribution in [3.05, 3.63) is 100 Å². The smallest absolute Gasteiger partial charge is 0.244 e. The number of hydrogen-bond donors (Lipinski definition) is 1. The van der Waals surface area contributed by atoms with E-state index in [-0.39, 0.29) is 5.92 Å². The van der Waals surface area contributed by atoms with E-state index >= 15 is 0 Å². The van der Waals surface area contributed by atoms with Gasteiger partial charge in [-0.1, -0.05) is 42.0 Å². The Labute approximate surface area is 224 Å². The molecule has 1 aliphatic rings. The minimum atomic E-state index is -0.200. The summed E-state index contributed by atoms with van der Waals surface area (Å²) in [4.78, 5) is 9.52. The number of nitrogens with one attached hydrogen (secondary N) is 1. The Balaban J connectivity index is 1.23. The summed E-state index contributed by atoms with van der Waals surface area (Å²) in [6, 6.07) is 14.3. The van der Waals surface area contributed by atoms with Gasteiger partial charge in [0.05, 0.1) is 17.7 Å². The van der Waals surface area contributed by atoms with Gasteiger partial charge in [0.2, 0.25) is 11.8 Å². The molecule has 39 heavy (non-hydrogen) atoms. The van der Waals surface area contributed by atoms with Gasteiger partial charge in [0.1, 0.15) is 18.7 Å².